The number of nitrogens with zero attached hydrogens (tertiary/aromatic N) is 1. The number of ether oxygens (including phenoxy) is 1. The molecular weight excluding hydrogens is 320 g/mol. The third-order valence-corrected chi connectivity index (χ3v) is 3.54. The van der Waals surface area contributed by atoms with E-state index in [1.165, 1.54) is 6.07 Å². The Morgan fingerprint density at radius 2 is 1.80 bits per heavy atom. The molecule has 6 heteroatoms. The van der Waals surface area contributed by atoms with E-state index in [9.17, 15) is 14.9 Å². The summed E-state index contributed by atoms with van der Waals surface area (Å²) in [4.78, 5) is 22.9. The zero-order valence-electron chi connectivity index (χ0n) is 14.8. The summed E-state index contributed by atoms with van der Waals surface area (Å²) in [7, 11) is 0. The van der Waals surface area contributed by atoms with Gasteiger partial charge in [0.05, 0.1) is 16.5 Å². The lowest BCUT2D eigenvalue weighted by Gasteiger charge is -2.22. The van der Waals surface area contributed by atoms with E-state index in [4.69, 9.17) is 4.74 Å². The lowest BCUT2D eigenvalue weighted by molar-refractivity contribution is -0.384. The molecule has 25 heavy (non-hydrogen) atoms. The molecule has 6 nitrogen and oxygen atoms in total. The summed E-state index contributed by atoms with van der Waals surface area (Å²) in [5, 5.41) is 14.2. The number of hydrogen-bond acceptors (Lipinski definition) is 4. The zero-order chi connectivity index (χ0) is 18.6. The number of amides is 1. The van der Waals surface area contributed by atoms with Gasteiger partial charge in [-0.05, 0) is 44.9 Å². The standard InChI is InChI=1S/C19H22N2O4/c1-13(20-18(22)25-19(2,3)4)15-10-11-16(17(12-15)21(23)24)14-8-6-5-7-9-14/h5-13H,1-4H3,(H,20,22). The Kier molecular flexibility index (Phi) is 5.41. The van der Waals surface area contributed by atoms with Crippen LogP contribution in [-0.2, 0) is 4.74 Å². The van der Waals surface area contributed by atoms with Crippen molar-refractivity contribution in [3.63, 3.8) is 0 Å². The van der Waals surface area contributed by atoms with Crippen LogP contribution in [-0.4, -0.2) is 16.6 Å². The molecule has 2 aromatic rings. The Hall–Kier alpha value is -2.89. The summed E-state index contributed by atoms with van der Waals surface area (Å²) in [6, 6.07) is 13.7. The first-order valence-corrected chi connectivity index (χ1v) is 8.00. The minimum absolute atomic E-state index is 0.00142. The van der Waals surface area contributed by atoms with E-state index in [0.717, 1.165) is 5.56 Å². The molecule has 132 valence electrons. The molecule has 1 atom stereocenters. The summed E-state index contributed by atoms with van der Waals surface area (Å²) >= 11 is 0. The molecule has 0 aliphatic carbocycles. The molecule has 0 aromatic heterocycles. The zero-order valence-corrected chi connectivity index (χ0v) is 14.8. The van der Waals surface area contributed by atoms with E-state index in [-0.39, 0.29) is 5.69 Å². The highest BCUT2D eigenvalue weighted by molar-refractivity contribution is 5.74. The van der Waals surface area contributed by atoms with Gasteiger partial charge in [-0.1, -0.05) is 36.4 Å². The third kappa shape index (κ3) is 5.04. The van der Waals surface area contributed by atoms with E-state index in [1.807, 2.05) is 30.3 Å². The molecule has 2 aromatic carbocycles. The Morgan fingerprint density at radius 3 is 2.36 bits per heavy atom. The predicted octanol–water partition coefficient (Wildman–Crippen LogP) is 4.85. The molecule has 0 aliphatic heterocycles. The van der Waals surface area contributed by atoms with Crippen LogP contribution >= 0.6 is 0 Å². The molecule has 0 radical (unpaired) electrons. The summed E-state index contributed by atoms with van der Waals surface area (Å²) in [5.41, 5.74) is 1.35. The van der Waals surface area contributed by atoms with Gasteiger partial charge in [0, 0.05) is 6.07 Å². The number of alkyl carbamates (subject to hydrolysis) is 1. The summed E-state index contributed by atoms with van der Waals surface area (Å²) < 4.78 is 5.22. The van der Waals surface area contributed by atoms with Crippen molar-refractivity contribution >= 4 is 11.8 Å². The van der Waals surface area contributed by atoms with E-state index in [0.29, 0.717) is 11.1 Å². The van der Waals surface area contributed by atoms with Gasteiger partial charge in [-0.25, -0.2) is 4.79 Å². The molecule has 2 rings (SSSR count). The lowest BCUT2D eigenvalue weighted by Crippen LogP contribution is -2.34. The Morgan fingerprint density at radius 1 is 1.16 bits per heavy atom. The number of nitro benzene ring substituents is 1. The van der Waals surface area contributed by atoms with Gasteiger partial charge >= 0.3 is 6.09 Å². The maximum absolute atomic E-state index is 11.9. The van der Waals surface area contributed by atoms with E-state index in [2.05, 4.69) is 5.32 Å². The maximum atomic E-state index is 11.9. The Bertz CT molecular complexity index is 767. The minimum atomic E-state index is -0.604. The molecule has 0 heterocycles. The van der Waals surface area contributed by atoms with Crippen LogP contribution in [0.25, 0.3) is 11.1 Å². The molecule has 0 saturated carbocycles. The average Bonchev–Trinajstić information content (AvgIpc) is 2.53. The van der Waals surface area contributed by atoms with Gasteiger partial charge in [-0.15, -0.1) is 0 Å². The first-order valence-electron chi connectivity index (χ1n) is 8.00. The second-order valence-corrected chi connectivity index (χ2v) is 6.77. The van der Waals surface area contributed by atoms with Crippen LogP contribution in [0.4, 0.5) is 10.5 Å². The molecule has 0 fully saturated rings. The minimum Gasteiger partial charge on any atom is -0.444 e. The Labute approximate surface area is 147 Å². The first kappa shape index (κ1) is 18.4. The van der Waals surface area contributed by atoms with Gasteiger partial charge in [0.15, 0.2) is 0 Å². The van der Waals surface area contributed by atoms with Crippen LogP contribution in [0, 0.1) is 10.1 Å². The first-order chi connectivity index (χ1) is 11.7. The van der Waals surface area contributed by atoms with Gasteiger partial charge < -0.3 is 10.1 Å². The number of benzene rings is 2. The van der Waals surface area contributed by atoms with E-state index >= 15 is 0 Å². The normalized spacial score (nSPS) is 12.3. The number of hydrogen-bond donors (Lipinski definition) is 1. The largest absolute Gasteiger partial charge is 0.444 e. The third-order valence-electron chi connectivity index (χ3n) is 3.54. The van der Waals surface area contributed by atoms with Crippen molar-refractivity contribution in [2.24, 2.45) is 0 Å². The topological polar surface area (TPSA) is 81.5 Å². The number of nitro groups is 1. The number of carbonyl (C=O) groups excluding carboxylic acids is 1. The average molecular weight is 342 g/mol. The Balaban J connectivity index is 2.27. The fourth-order valence-corrected chi connectivity index (χ4v) is 2.40. The van der Waals surface area contributed by atoms with Crippen LogP contribution in [0.1, 0.15) is 39.3 Å². The molecule has 1 unspecified atom stereocenters. The molecule has 0 aliphatic rings. The van der Waals surface area contributed by atoms with Crippen LogP contribution in [0.15, 0.2) is 48.5 Å². The van der Waals surface area contributed by atoms with Gasteiger partial charge in [0.1, 0.15) is 5.60 Å². The van der Waals surface area contributed by atoms with Crippen LogP contribution in [0.5, 0.6) is 0 Å². The SMILES string of the molecule is CC(NC(=O)OC(C)(C)C)c1ccc(-c2ccccc2)c([N+](=O)[O-])c1. The van der Waals surface area contributed by atoms with Crippen molar-refractivity contribution < 1.29 is 14.5 Å². The summed E-state index contributed by atoms with van der Waals surface area (Å²) in [5.74, 6) is 0. The predicted molar refractivity (Wildman–Crippen MR) is 96.3 cm³/mol. The fourth-order valence-electron chi connectivity index (χ4n) is 2.40. The second-order valence-electron chi connectivity index (χ2n) is 6.77. The van der Waals surface area contributed by atoms with Gasteiger partial charge in [0.2, 0.25) is 0 Å². The number of carbonyl (C=O) groups is 1. The highest BCUT2D eigenvalue weighted by Gasteiger charge is 2.21. The van der Waals surface area contributed by atoms with Crippen molar-refractivity contribution in [2.45, 2.75) is 39.3 Å². The van der Waals surface area contributed by atoms with Crippen molar-refractivity contribution in [1.29, 1.82) is 0 Å². The fraction of sp³-hybridized carbons (Fsp3) is 0.316. The highest BCUT2D eigenvalue weighted by atomic mass is 16.6. The summed E-state index contributed by atoms with van der Waals surface area (Å²) in [6.07, 6.45) is -0.560. The second kappa shape index (κ2) is 7.34. The van der Waals surface area contributed by atoms with Crippen molar-refractivity contribution in [3.8, 4) is 11.1 Å². The van der Waals surface area contributed by atoms with Gasteiger partial charge in [0.25, 0.3) is 5.69 Å². The summed E-state index contributed by atoms with van der Waals surface area (Å²) in [6.45, 7) is 7.08. The lowest BCUT2D eigenvalue weighted by atomic mass is 9.99. The highest BCUT2D eigenvalue weighted by Crippen LogP contribution is 2.32. The smallest absolute Gasteiger partial charge is 0.408 e. The van der Waals surface area contributed by atoms with Gasteiger partial charge in [-0.3, -0.25) is 10.1 Å². The number of nitrogens with one attached hydrogen (secondary N) is 1. The molecule has 0 bridgehead atoms. The van der Waals surface area contributed by atoms with E-state index in [1.54, 1.807) is 39.8 Å². The van der Waals surface area contributed by atoms with Crippen LogP contribution < -0.4 is 5.32 Å². The van der Waals surface area contributed by atoms with Crippen molar-refractivity contribution in [2.75, 3.05) is 0 Å². The maximum Gasteiger partial charge on any atom is 0.408 e. The van der Waals surface area contributed by atoms with Gasteiger partial charge in [-0.2, -0.15) is 0 Å². The molecule has 1 amide bonds. The van der Waals surface area contributed by atoms with Crippen molar-refractivity contribution in [3.05, 3.63) is 64.2 Å². The van der Waals surface area contributed by atoms with E-state index < -0.39 is 22.7 Å². The monoisotopic (exact) mass is 342 g/mol. The molecule has 0 spiro atoms. The molecule has 1 N–H and O–H groups in total. The quantitative estimate of drug-likeness (QED) is 0.636. The number of rotatable bonds is 4. The van der Waals surface area contributed by atoms with Crippen LogP contribution in [0.3, 0.4) is 0 Å². The van der Waals surface area contributed by atoms with Crippen molar-refractivity contribution in [1.82, 2.24) is 5.32 Å². The molecule has 0 saturated heterocycles. The van der Waals surface area contributed by atoms with Crippen LogP contribution in [0.2, 0.25) is 0 Å². The molecular formula is C19H22N2O4.